The zero-order chi connectivity index (χ0) is 22.8. The molecule has 0 saturated carbocycles. The largest absolute Gasteiger partial charge is 0.495 e. The van der Waals surface area contributed by atoms with Gasteiger partial charge in [0, 0.05) is 24.7 Å². The summed E-state index contributed by atoms with van der Waals surface area (Å²) in [7, 11) is -10.1. The van der Waals surface area contributed by atoms with Gasteiger partial charge in [-0.2, -0.15) is 4.31 Å². The Morgan fingerprint density at radius 3 is 2.10 bits per heavy atom. The van der Waals surface area contributed by atoms with Gasteiger partial charge in [0.05, 0.1) is 42.2 Å². The Balaban J connectivity index is 1.85. The quantitative estimate of drug-likeness (QED) is 0.514. The lowest BCUT2D eigenvalue weighted by atomic mass is 10.0. The standard InChI is InChI=1S/C17H23N3O8S3/c1-10(21)18-11-3-4-16(28-2)17(5-11)31(26,27)20-14-8-29(22,23)6-12(14)19-13-7-30(24,25)9-15(13)20/h3-5,12-15,19H,6-9H2,1-2H3,(H,18,21)/t12-,13+,14-,15-/m1/s1. The molecular formula is C17H23N3O8S3. The Morgan fingerprint density at radius 2 is 1.61 bits per heavy atom. The topological polar surface area (TPSA) is 156 Å². The van der Waals surface area contributed by atoms with Gasteiger partial charge in [-0.1, -0.05) is 0 Å². The number of piperazine rings is 1. The van der Waals surface area contributed by atoms with Gasteiger partial charge in [0.15, 0.2) is 19.7 Å². The van der Waals surface area contributed by atoms with Crippen LogP contribution in [0.1, 0.15) is 6.92 Å². The number of amides is 1. The fourth-order valence-corrected chi connectivity index (χ4v) is 10.7. The SMILES string of the molecule is COc1ccc(NC(C)=O)cc1S(=O)(=O)N1[C@@H]2CS(=O)(=O)C[C@@H]2N[C@@H]2CS(=O)(=O)C[C@H]21. The van der Waals surface area contributed by atoms with Crippen molar-refractivity contribution in [2.75, 3.05) is 35.4 Å². The van der Waals surface area contributed by atoms with E-state index in [2.05, 4.69) is 10.6 Å². The highest BCUT2D eigenvalue weighted by molar-refractivity contribution is 7.92. The van der Waals surface area contributed by atoms with Crippen LogP contribution < -0.4 is 15.4 Å². The molecule has 0 bridgehead atoms. The number of anilines is 1. The van der Waals surface area contributed by atoms with Crippen LogP contribution in [0.2, 0.25) is 0 Å². The van der Waals surface area contributed by atoms with Gasteiger partial charge >= 0.3 is 0 Å². The molecule has 14 heteroatoms. The molecule has 0 spiro atoms. The average molecular weight is 494 g/mol. The molecule has 3 aliphatic rings. The van der Waals surface area contributed by atoms with Crippen LogP contribution >= 0.6 is 0 Å². The van der Waals surface area contributed by atoms with Crippen molar-refractivity contribution in [3.63, 3.8) is 0 Å². The van der Waals surface area contributed by atoms with Crippen LogP contribution in [0.15, 0.2) is 23.1 Å². The van der Waals surface area contributed by atoms with E-state index in [1.807, 2.05) is 0 Å². The summed E-state index contributed by atoms with van der Waals surface area (Å²) in [5.41, 5.74) is 0.216. The molecular weight excluding hydrogens is 470 g/mol. The minimum atomic E-state index is -4.38. The molecule has 1 aromatic carbocycles. The summed E-state index contributed by atoms with van der Waals surface area (Å²) < 4.78 is 83.1. The monoisotopic (exact) mass is 493 g/mol. The van der Waals surface area contributed by atoms with E-state index < -0.39 is 71.3 Å². The van der Waals surface area contributed by atoms with Crippen LogP contribution in [0.5, 0.6) is 5.75 Å². The summed E-state index contributed by atoms with van der Waals surface area (Å²) >= 11 is 0. The Kier molecular flexibility index (Phi) is 5.36. The number of nitrogens with one attached hydrogen (secondary N) is 2. The van der Waals surface area contributed by atoms with E-state index in [1.165, 1.54) is 32.2 Å². The van der Waals surface area contributed by atoms with E-state index in [0.29, 0.717) is 0 Å². The third-order valence-corrected chi connectivity index (χ3v) is 11.2. The van der Waals surface area contributed by atoms with Gasteiger partial charge in [0.25, 0.3) is 0 Å². The molecule has 3 fully saturated rings. The van der Waals surface area contributed by atoms with Gasteiger partial charge in [-0.15, -0.1) is 0 Å². The summed E-state index contributed by atoms with van der Waals surface area (Å²) in [5.74, 6) is -1.74. The van der Waals surface area contributed by atoms with Crippen molar-refractivity contribution in [3.05, 3.63) is 18.2 Å². The molecule has 31 heavy (non-hydrogen) atoms. The first-order valence-corrected chi connectivity index (χ1v) is 14.6. The minimum Gasteiger partial charge on any atom is -0.495 e. The second-order valence-corrected chi connectivity index (χ2v) is 14.2. The molecule has 11 nitrogen and oxygen atoms in total. The number of sulfone groups is 2. The van der Waals surface area contributed by atoms with Crippen molar-refractivity contribution in [1.29, 1.82) is 0 Å². The molecule has 172 valence electrons. The van der Waals surface area contributed by atoms with Crippen LogP contribution in [0.25, 0.3) is 0 Å². The third-order valence-electron chi connectivity index (χ3n) is 5.77. The van der Waals surface area contributed by atoms with Crippen LogP contribution in [0.3, 0.4) is 0 Å². The highest BCUT2D eigenvalue weighted by atomic mass is 32.2. The highest BCUT2D eigenvalue weighted by Crippen LogP contribution is 2.38. The Hall–Kier alpha value is -1.74. The van der Waals surface area contributed by atoms with E-state index in [1.54, 1.807) is 0 Å². The van der Waals surface area contributed by atoms with E-state index >= 15 is 0 Å². The predicted molar refractivity (Wildman–Crippen MR) is 112 cm³/mol. The molecule has 2 N–H and O–H groups in total. The van der Waals surface area contributed by atoms with Crippen molar-refractivity contribution >= 4 is 41.3 Å². The second kappa shape index (κ2) is 7.40. The number of hydrogen-bond acceptors (Lipinski definition) is 9. The fraction of sp³-hybridized carbons (Fsp3) is 0.588. The molecule has 3 heterocycles. The van der Waals surface area contributed by atoms with E-state index in [9.17, 15) is 30.0 Å². The van der Waals surface area contributed by atoms with Gasteiger partial charge in [-0.3, -0.25) is 4.79 Å². The zero-order valence-electron chi connectivity index (χ0n) is 16.8. The summed E-state index contributed by atoms with van der Waals surface area (Å²) in [6.07, 6.45) is 0. The lowest BCUT2D eigenvalue weighted by Crippen LogP contribution is -2.67. The highest BCUT2D eigenvalue weighted by Gasteiger charge is 2.57. The van der Waals surface area contributed by atoms with Crippen LogP contribution in [-0.4, -0.2) is 89.8 Å². The third kappa shape index (κ3) is 4.06. The molecule has 0 aromatic heterocycles. The number of carbonyl (C=O) groups excluding carboxylic acids is 1. The molecule has 4 atom stereocenters. The van der Waals surface area contributed by atoms with Gasteiger partial charge in [0.2, 0.25) is 15.9 Å². The Bertz CT molecular complexity index is 1200. The number of methoxy groups -OCH3 is 1. The summed E-state index contributed by atoms with van der Waals surface area (Å²) in [6, 6.07) is 0.776. The van der Waals surface area contributed by atoms with E-state index in [-0.39, 0.29) is 27.8 Å². The smallest absolute Gasteiger partial charge is 0.247 e. The number of hydrogen-bond donors (Lipinski definition) is 2. The van der Waals surface area contributed by atoms with Gasteiger partial charge < -0.3 is 15.4 Å². The number of benzene rings is 1. The van der Waals surface area contributed by atoms with Gasteiger partial charge in [-0.25, -0.2) is 25.3 Å². The minimum absolute atomic E-state index is 0.00226. The number of carbonyl (C=O) groups is 1. The maximum atomic E-state index is 13.8. The number of ether oxygens (including phenoxy) is 1. The molecule has 0 radical (unpaired) electrons. The number of fused-ring (bicyclic) bond motifs is 2. The average Bonchev–Trinajstić information content (AvgIpc) is 3.10. The maximum Gasteiger partial charge on any atom is 0.247 e. The second-order valence-electron chi connectivity index (χ2n) is 8.05. The Labute approximate surface area is 181 Å². The Morgan fingerprint density at radius 1 is 1.06 bits per heavy atom. The summed E-state index contributed by atoms with van der Waals surface area (Å²) in [4.78, 5) is 11.2. The summed E-state index contributed by atoms with van der Waals surface area (Å²) in [5, 5.41) is 5.56. The van der Waals surface area contributed by atoms with Crippen molar-refractivity contribution in [2.45, 2.75) is 36.0 Å². The number of nitrogens with zero attached hydrogens (tertiary/aromatic N) is 1. The molecule has 1 aromatic rings. The maximum absolute atomic E-state index is 13.8. The van der Waals surface area contributed by atoms with Crippen molar-refractivity contribution in [2.24, 2.45) is 0 Å². The molecule has 0 unspecified atom stereocenters. The number of sulfonamides is 1. The first-order valence-electron chi connectivity index (χ1n) is 9.49. The molecule has 0 aliphatic carbocycles. The van der Waals surface area contributed by atoms with Crippen molar-refractivity contribution in [3.8, 4) is 5.75 Å². The van der Waals surface area contributed by atoms with Crippen molar-refractivity contribution in [1.82, 2.24) is 9.62 Å². The number of rotatable bonds is 4. The van der Waals surface area contributed by atoms with Crippen LogP contribution in [-0.2, 0) is 34.5 Å². The fourth-order valence-electron chi connectivity index (χ4n) is 4.63. The lowest BCUT2D eigenvalue weighted by Gasteiger charge is -2.43. The van der Waals surface area contributed by atoms with E-state index in [0.717, 1.165) is 4.31 Å². The van der Waals surface area contributed by atoms with Crippen LogP contribution in [0, 0.1) is 0 Å². The lowest BCUT2D eigenvalue weighted by molar-refractivity contribution is -0.114. The molecule has 1 amide bonds. The van der Waals surface area contributed by atoms with E-state index in [4.69, 9.17) is 4.74 Å². The van der Waals surface area contributed by atoms with Crippen molar-refractivity contribution < 1.29 is 34.8 Å². The first-order chi connectivity index (χ1) is 14.3. The van der Waals surface area contributed by atoms with Gasteiger partial charge in [-0.05, 0) is 18.2 Å². The first kappa shape index (κ1) is 22.5. The normalized spacial score (nSPS) is 31.5. The molecule has 4 rings (SSSR count). The zero-order valence-corrected chi connectivity index (χ0v) is 19.3. The predicted octanol–water partition coefficient (Wildman–Crippen LogP) is -1.42. The summed E-state index contributed by atoms with van der Waals surface area (Å²) in [6.45, 7) is 1.27. The van der Waals surface area contributed by atoms with Gasteiger partial charge in [0.1, 0.15) is 10.6 Å². The molecule has 3 saturated heterocycles. The molecule has 3 aliphatic heterocycles. The van der Waals surface area contributed by atoms with Crippen LogP contribution in [0.4, 0.5) is 5.69 Å².